The Hall–Kier alpha value is -0.280. The highest BCUT2D eigenvalue weighted by Crippen LogP contribution is 2.24. The highest BCUT2D eigenvalue weighted by atomic mass is 16.7. The molecule has 4 heterocycles. The predicted octanol–water partition coefficient (Wildman–Crippen LogP) is -2.01. The average molecular weight is 368 g/mol. The maximum atomic E-state index is 6.11. The number of nitrogens with one attached hydrogen (secondary N) is 3. The lowest BCUT2D eigenvalue weighted by molar-refractivity contribution is -0.946. The molecule has 6 unspecified atom stereocenters. The van der Waals surface area contributed by atoms with Gasteiger partial charge in [-0.05, 0) is 19.3 Å². The van der Waals surface area contributed by atoms with Crippen LogP contribution in [0.15, 0.2) is 0 Å². The Morgan fingerprint density at radius 3 is 2.73 bits per heavy atom. The van der Waals surface area contributed by atoms with E-state index in [2.05, 4.69) is 21.0 Å². The van der Waals surface area contributed by atoms with E-state index in [-0.39, 0.29) is 6.23 Å². The van der Waals surface area contributed by atoms with Crippen molar-refractivity contribution in [1.29, 1.82) is 0 Å². The van der Waals surface area contributed by atoms with Gasteiger partial charge in [-0.2, -0.15) is 5.48 Å². The summed E-state index contributed by atoms with van der Waals surface area (Å²) < 4.78 is 5.53. The van der Waals surface area contributed by atoms with E-state index in [0.29, 0.717) is 24.3 Å². The van der Waals surface area contributed by atoms with Crippen molar-refractivity contribution in [3.05, 3.63) is 0 Å². The first-order valence-electron chi connectivity index (χ1n) is 11.1. The Morgan fingerprint density at radius 2 is 1.92 bits per heavy atom. The summed E-state index contributed by atoms with van der Waals surface area (Å²) in [5.74, 6) is 0.659. The highest BCUT2D eigenvalue weighted by molar-refractivity contribution is 4.86. The normalized spacial score (nSPS) is 45.7. The van der Waals surface area contributed by atoms with Crippen LogP contribution in [0.25, 0.3) is 0 Å². The molecule has 0 spiro atoms. The Balaban J connectivity index is 1.16. The van der Waals surface area contributed by atoms with Crippen molar-refractivity contribution in [2.45, 2.75) is 75.6 Å². The summed E-state index contributed by atoms with van der Waals surface area (Å²) in [6.07, 6.45) is 10.6. The largest absolute Gasteiger partial charge is 0.379 e. The zero-order valence-electron chi connectivity index (χ0n) is 16.0. The number of hydrogen-bond donors (Lipinski definition) is 4. The molecule has 1 aliphatic carbocycles. The summed E-state index contributed by atoms with van der Waals surface area (Å²) >= 11 is 0. The molecule has 5 N–H and O–H groups in total. The van der Waals surface area contributed by atoms with Gasteiger partial charge in [0.25, 0.3) is 0 Å². The SMILES string of the molecule is C1CC([NH+]2CCCC2C2NC(C3CC[NH2+]C(N4CCOCC4)C3)NO2)C1. The quantitative estimate of drug-likeness (QED) is 0.463. The summed E-state index contributed by atoms with van der Waals surface area (Å²) in [6.45, 7) is 6.52. The molecule has 7 heteroatoms. The number of likely N-dealkylation sites (tertiary alicyclic amines) is 1. The van der Waals surface area contributed by atoms with Gasteiger partial charge in [0.15, 0.2) is 6.23 Å². The van der Waals surface area contributed by atoms with Gasteiger partial charge in [-0.15, -0.1) is 0 Å². The smallest absolute Gasteiger partial charge is 0.183 e. The first-order valence-corrected chi connectivity index (χ1v) is 11.1. The van der Waals surface area contributed by atoms with Gasteiger partial charge in [0.05, 0.1) is 38.5 Å². The second-order valence-corrected chi connectivity index (χ2v) is 9.03. The molecule has 5 aliphatic rings. The van der Waals surface area contributed by atoms with Gasteiger partial charge in [0.1, 0.15) is 12.2 Å². The van der Waals surface area contributed by atoms with Crippen LogP contribution >= 0.6 is 0 Å². The number of nitrogens with zero attached hydrogens (tertiary/aromatic N) is 1. The fraction of sp³-hybridized carbons (Fsp3) is 1.00. The van der Waals surface area contributed by atoms with Crippen LogP contribution in [-0.4, -0.2) is 74.9 Å². The van der Waals surface area contributed by atoms with Gasteiger partial charge < -0.3 is 15.0 Å². The number of hydroxylamine groups is 1. The van der Waals surface area contributed by atoms with E-state index in [4.69, 9.17) is 9.57 Å². The van der Waals surface area contributed by atoms with Crippen molar-refractivity contribution in [3.63, 3.8) is 0 Å². The van der Waals surface area contributed by atoms with Crippen LogP contribution in [0.5, 0.6) is 0 Å². The minimum atomic E-state index is 0.200. The molecule has 0 aromatic heterocycles. The summed E-state index contributed by atoms with van der Waals surface area (Å²) in [4.78, 5) is 10.5. The number of ether oxygens (including phenoxy) is 1. The molecule has 26 heavy (non-hydrogen) atoms. The van der Waals surface area contributed by atoms with E-state index in [1.165, 1.54) is 58.0 Å². The zero-order valence-corrected chi connectivity index (χ0v) is 16.0. The number of rotatable bonds is 4. The van der Waals surface area contributed by atoms with Crippen LogP contribution in [0.2, 0.25) is 0 Å². The molecule has 0 aromatic rings. The second kappa shape index (κ2) is 7.99. The summed E-state index contributed by atoms with van der Waals surface area (Å²) in [7, 11) is 0. The summed E-state index contributed by atoms with van der Waals surface area (Å²) in [5, 5.41) is 6.38. The van der Waals surface area contributed by atoms with Crippen LogP contribution < -0.4 is 21.0 Å². The standard InChI is InChI=1S/C19H35N5O2/c1-3-15(4-1)24-8-2-5-16(24)19-21-18(22-26-19)14-6-7-20-17(13-14)23-9-11-25-12-10-23/h14-22H,1-13H2/p+2. The maximum absolute atomic E-state index is 6.11. The molecule has 5 fully saturated rings. The monoisotopic (exact) mass is 367 g/mol. The summed E-state index contributed by atoms with van der Waals surface area (Å²) in [6, 6.07) is 1.55. The van der Waals surface area contributed by atoms with Gasteiger partial charge in [0, 0.05) is 44.7 Å². The first-order chi connectivity index (χ1) is 12.9. The minimum Gasteiger partial charge on any atom is -0.379 e. The highest BCUT2D eigenvalue weighted by Gasteiger charge is 2.47. The van der Waals surface area contributed by atoms with Crippen LogP contribution in [0.4, 0.5) is 0 Å². The summed E-state index contributed by atoms with van der Waals surface area (Å²) in [5.41, 5.74) is 3.39. The van der Waals surface area contributed by atoms with Crippen LogP contribution in [0.1, 0.15) is 44.9 Å². The number of nitrogens with two attached hydrogens (primary N) is 1. The fourth-order valence-electron chi connectivity index (χ4n) is 5.89. The van der Waals surface area contributed by atoms with Crippen molar-refractivity contribution in [3.8, 4) is 0 Å². The third-order valence-corrected chi connectivity index (χ3v) is 7.62. The van der Waals surface area contributed by atoms with Crippen molar-refractivity contribution >= 4 is 0 Å². The molecular formula is C19H37N5O2+2. The topological polar surface area (TPSA) is 66.8 Å². The van der Waals surface area contributed by atoms with Crippen molar-refractivity contribution in [2.75, 3.05) is 39.4 Å². The Morgan fingerprint density at radius 1 is 1.04 bits per heavy atom. The number of hydrogen-bond acceptors (Lipinski definition) is 5. The van der Waals surface area contributed by atoms with Gasteiger partial charge in [-0.3, -0.25) is 10.2 Å². The van der Waals surface area contributed by atoms with Gasteiger partial charge in [-0.1, -0.05) is 0 Å². The number of morpholine rings is 1. The maximum Gasteiger partial charge on any atom is 0.183 e. The van der Waals surface area contributed by atoms with Crippen LogP contribution in [0.3, 0.4) is 0 Å². The van der Waals surface area contributed by atoms with E-state index < -0.39 is 0 Å². The van der Waals surface area contributed by atoms with Gasteiger partial charge in [0.2, 0.25) is 0 Å². The van der Waals surface area contributed by atoms with Crippen LogP contribution in [0, 0.1) is 5.92 Å². The van der Waals surface area contributed by atoms with Crippen molar-refractivity contribution in [2.24, 2.45) is 5.92 Å². The number of piperidine rings is 1. The molecule has 0 aromatic carbocycles. The molecule has 4 aliphatic heterocycles. The van der Waals surface area contributed by atoms with Gasteiger partial charge >= 0.3 is 0 Å². The fourth-order valence-corrected chi connectivity index (χ4v) is 5.89. The van der Waals surface area contributed by atoms with Crippen LogP contribution in [-0.2, 0) is 9.57 Å². The third kappa shape index (κ3) is 3.55. The number of quaternary nitrogens is 2. The molecule has 7 nitrogen and oxygen atoms in total. The lowest BCUT2D eigenvalue weighted by Crippen LogP contribution is -3.19. The zero-order chi connectivity index (χ0) is 17.3. The second-order valence-electron chi connectivity index (χ2n) is 9.03. The van der Waals surface area contributed by atoms with E-state index in [1.807, 2.05) is 4.90 Å². The molecule has 0 bridgehead atoms. The van der Waals surface area contributed by atoms with Crippen molar-refractivity contribution < 1.29 is 19.8 Å². The Kier molecular flexibility index (Phi) is 5.47. The lowest BCUT2D eigenvalue weighted by atomic mass is 9.90. The Labute approximate surface area is 157 Å². The lowest BCUT2D eigenvalue weighted by Gasteiger charge is -2.38. The molecule has 6 atom stereocenters. The third-order valence-electron chi connectivity index (χ3n) is 7.62. The van der Waals surface area contributed by atoms with E-state index >= 15 is 0 Å². The van der Waals surface area contributed by atoms with Crippen molar-refractivity contribution in [1.82, 2.24) is 15.7 Å². The molecular weight excluding hydrogens is 330 g/mol. The van der Waals surface area contributed by atoms with E-state index in [0.717, 1.165) is 32.3 Å². The average Bonchev–Trinajstić information content (AvgIpc) is 3.31. The molecule has 4 saturated heterocycles. The molecule has 1 saturated carbocycles. The molecule has 0 radical (unpaired) electrons. The van der Waals surface area contributed by atoms with E-state index in [1.54, 1.807) is 0 Å². The molecule has 148 valence electrons. The minimum absolute atomic E-state index is 0.200. The Bertz CT molecular complexity index is 471. The molecule has 0 amide bonds. The van der Waals surface area contributed by atoms with E-state index in [9.17, 15) is 0 Å². The molecule has 5 rings (SSSR count). The predicted molar refractivity (Wildman–Crippen MR) is 97.1 cm³/mol. The van der Waals surface area contributed by atoms with Gasteiger partial charge in [-0.25, -0.2) is 4.90 Å². The first kappa shape index (κ1) is 17.8.